The van der Waals surface area contributed by atoms with Gasteiger partial charge in [0.2, 0.25) is 0 Å². The Labute approximate surface area is 120 Å². The van der Waals surface area contributed by atoms with Crippen molar-refractivity contribution in [2.24, 2.45) is 0 Å². The SMILES string of the molecule is CCC1(C)CN(c2cc(C)nc3ccccc23)CCO1. The summed E-state index contributed by atoms with van der Waals surface area (Å²) in [6.45, 7) is 9.14. The van der Waals surface area contributed by atoms with Crippen LogP contribution in [-0.4, -0.2) is 30.3 Å². The molecular formula is C17H22N2O. The first kappa shape index (κ1) is 13.4. The first-order chi connectivity index (χ1) is 9.61. The second-order valence-electron chi connectivity index (χ2n) is 5.87. The zero-order valence-electron chi connectivity index (χ0n) is 12.5. The second-order valence-corrected chi connectivity index (χ2v) is 5.87. The first-order valence-electron chi connectivity index (χ1n) is 7.36. The molecule has 0 bridgehead atoms. The number of hydrogen-bond acceptors (Lipinski definition) is 3. The second kappa shape index (κ2) is 5.06. The predicted octanol–water partition coefficient (Wildman–Crippen LogP) is 3.55. The van der Waals surface area contributed by atoms with Crippen LogP contribution in [0.4, 0.5) is 5.69 Å². The van der Waals surface area contributed by atoms with E-state index in [-0.39, 0.29) is 5.60 Å². The smallest absolute Gasteiger partial charge is 0.0826 e. The minimum absolute atomic E-state index is 0.0451. The maximum atomic E-state index is 5.95. The molecule has 1 fully saturated rings. The van der Waals surface area contributed by atoms with Gasteiger partial charge in [0.05, 0.1) is 17.7 Å². The van der Waals surface area contributed by atoms with Crippen LogP contribution in [0.1, 0.15) is 26.0 Å². The van der Waals surface area contributed by atoms with Gasteiger partial charge in [0.15, 0.2) is 0 Å². The molecule has 1 aromatic carbocycles. The van der Waals surface area contributed by atoms with Crippen LogP contribution in [0.3, 0.4) is 0 Å². The van der Waals surface area contributed by atoms with Crippen molar-refractivity contribution in [3.05, 3.63) is 36.0 Å². The van der Waals surface area contributed by atoms with Crippen LogP contribution in [0.5, 0.6) is 0 Å². The van der Waals surface area contributed by atoms with Gasteiger partial charge in [-0.25, -0.2) is 0 Å². The summed E-state index contributed by atoms with van der Waals surface area (Å²) >= 11 is 0. The van der Waals surface area contributed by atoms with Crippen molar-refractivity contribution in [2.75, 3.05) is 24.6 Å². The molecule has 3 nitrogen and oxygen atoms in total. The lowest BCUT2D eigenvalue weighted by Gasteiger charge is -2.41. The van der Waals surface area contributed by atoms with Crippen LogP contribution in [0.15, 0.2) is 30.3 Å². The standard InChI is InChI=1S/C17H22N2O/c1-4-17(3)12-19(9-10-20-17)16-11-13(2)18-15-8-6-5-7-14(15)16/h5-8,11H,4,9-10,12H2,1-3H3. The lowest BCUT2D eigenvalue weighted by Crippen LogP contribution is -2.50. The minimum atomic E-state index is -0.0451. The van der Waals surface area contributed by atoms with E-state index in [0.717, 1.165) is 37.3 Å². The molecule has 3 rings (SSSR count). The molecule has 2 aromatic rings. The van der Waals surface area contributed by atoms with Crippen molar-refractivity contribution in [3.63, 3.8) is 0 Å². The molecule has 0 radical (unpaired) electrons. The highest BCUT2D eigenvalue weighted by atomic mass is 16.5. The summed E-state index contributed by atoms with van der Waals surface area (Å²) in [5.41, 5.74) is 3.39. The number of aromatic nitrogens is 1. The normalized spacial score (nSPS) is 23.2. The van der Waals surface area contributed by atoms with Gasteiger partial charge >= 0.3 is 0 Å². The van der Waals surface area contributed by atoms with E-state index in [1.807, 2.05) is 6.07 Å². The van der Waals surface area contributed by atoms with E-state index in [4.69, 9.17) is 4.74 Å². The molecule has 0 N–H and O–H groups in total. The van der Waals surface area contributed by atoms with Crippen LogP contribution >= 0.6 is 0 Å². The Morgan fingerprint density at radius 2 is 2.15 bits per heavy atom. The van der Waals surface area contributed by atoms with Crippen molar-refractivity contribution in [3.8, 4) is 0 Å². The zero-order chi connectivity index (χ0) is 14.2. The molecule has 0 saturated carbocycles. The Morgan fingerprint density at radius 3 is 2.95 bits per heavy atom. The van der Waals surface area contributed by atoms with Crippen LogP contribution in [0, 0.1) is 6.92 Å². The van der Waals surface area contributed by atoms with Crippen LogP contribution < -0.4 is 4.90 Å². The van der Waals surface area contributed by atoms with Crippen LogP contribution in [-0.2, 0) is 4.74 Å². The number of anilines is 1. The van der Waals surface area contributed by atoms with Crippen molar-refractivity contribution >= 4 is 16.6 Å². The third-order valence-corrected chi connectivity index (χ3v) is 4.25. The van der Waals surface area contributed by atoms with Crippen molar-refractivity contribution in [2.45, 2.75) is 32.8 Å². The first-order valence-corrected chi connectivity index (χ1v) is 7.36. The number of ether oxygens (including phenoxy) is 1. The highest BCUT2D eigenvalue weighted by Crippen LogP contribution is 2.31. The average molecular weight is 270 g/mol. The Hall–Kier alpha value is -1.61. The molecule has 3 heteroatoms. The van der Waals surface area contributed by atoms with E-state index in [1.54, 1.807) is 0 Å². The van der Waals surface area contributed by atoms with Gasteiger partial charge < -0.3 is 9.64 Å². The topological polar surface area (TPSA) is 25.4 Å². The van der Waals surface area contributed by atoms with E-state index < -0.39 is 0 Å². The number of nitrogens with zero attached hydrogens (tertiary/aromatic N) is 2. The number of hydrogen-bond donors (Lipinski definition) is 0. The third-order valence-electron chi connectivity index (χ3n) is 4.25. The fourth-order valence-corrected chi connectivity index (χ4v) is 2.90. The minimum Gasteiger partial charge on any atom is -0.372 e. The molecule has 0 spiro atoms. The van der Waals surface area contributed by atoms with Gasteiger partial charge in [0.25, 0.3) is 0 Å². The Bertz CT molecular complexity index is 625. The number of fused-ring (bicyclic) bond motifs is 1. The highest BCUT2D eigenvalue weighted by molar-refractivity contribution is 5.92. The Morgan fingerprint density at radius 1 is 1.35 bits per heavy atom. The summed E-state index contributed by atoms with van der Waals surface area (Å²) < 4.78 is 5.95. The van der Waals surface area contributed by atoms with Crippen molar-refractivity contribution < 1.29 is 4.74 Å². The van der Waals surface area contributed by atoms with Crippen molar-refractivity contribution in [1.82, 2.24) is 4.98 Å². The van der Waals surface area contributed by atoms with E-state index in [0.29, 0.717) is 0 Å². The maximum Gasteiger partial charge on any atom is 0.0826 e. The number of morpholine rings is 1. The van der Waals surface area contributed by atoms with Gasteiger partial charge in [-0.15, -0.1) is 0 Å². The number of benzene rings is 1. The van der Waals surface area contributed by atoms with Crippen LogP contribution in [0.25, 0.3) is 10.9 Å². The van der Waals surface area contributed by atoms with Gasteiger partial charge in [-0.1, -0.05) is 25.1 Å². The Balaban J connectivity index is 2.05. The fraction of sp³-hybridized carbons (Fsp3) is 0.471. The molecule has 0 amide bonds. The quantitative estimate of drug-likeness (QED) is 0.834. The molecular weight excluding hydrogens is 248 g/mol. The van der Waals surface area contributed by atoms with Crippen molar-refractivity contribution in [1.29, 1.82) is 0 Å². The molecule has 1 aromatic heterocycles. The Kier molecular flexibility index (Phi) is 3.38. The lowest BCUT2D eigenvalue weighted by molar-refractivity contribution is -0.0440. The van der Waals surface area contributed by atoms with Gasteiger partial charge in [-0.05, 0) is 32.4 Å². The number of aryl methyl sites for hydroxylation is 1. The number of para-hydroxylation sites is 1. The van der Waals surface area contributed by atoms with E-state index in [2.05, 4.69) is 54.9 Å². The molecule has 1 aliphatic rings. The summed E-state index contributed by atoms with van der Waals surface area (Å²) in [6.07, 6.45) is 1.03. The monoisotopic (exact) mass is 270 g/mol. The average Bonchev–Trinajstić information content (AvgIpc) is 2.46. The molecule has 0 aliphatic carbocycles. The predicted molar refractivity (Wildman–Crippen MR) is 83.3 cm³/mol. The lowest BCUT2D eigenvalue weighted by atomic mass is 10.00. The summed E-state index contributed by atoms with van der Waals surface area (Å²) in [7, 11) is 0. The molecule has 1 saturated heterocycles. The fourth-order valence-electron chi connectivity index (χ4n) is 2.90. The number of rotatable bonds is 2. The van der Waals surface area contributed by atoms with Gasteiger partial charge in [-0.3, -0.25) is 4.98 Å². The molecule has 1 atom stereocenters. The van der Waals surface area contributed by atoms with Gasteiger partial charge in [-0.2, -0.15) is 0 Å². The van der Waals surface area contributed by atoms with E-state index >= 15 is 0 Å². The summed E-state index contributed by atoms with van der Waals surface area (Å²) in [5, 5.41) is 1.23. The van der Waals surface area contributed by atoms with Crippen LogP contribution in [0.2, 0.25) is 0 Å². The molecule has 1 unspecified atom stereocenters. The third kappa shape index (κ3) is 2.38. The maximum absolute atomic E-state index is 5.95. The molecule has 1 aliphatic heterocycles. The largest absolute Gasteiger partial charge is 0.372 e. The van der Waals surface area contributed by atoms with E-state index in [1.165, 1.54) is 11.1 Å². The number of pyridine rings is 1. The summed E-state index contributed by atoms with van der Waals surface area (Å²) in [5.74, 6) is 0. The highest BCUT2D eigenvalue weighted by Gasteiger charge is 2.31. The molecule has 2 heterocycles. The molecule has 20 heavy (non-hydrogen) atoms. The van der Waals surface area contributed by atoms with Gasteiger partial charge in [0.1, 0.15) is 0 Å². The zero-order valence-corrected chi connectivity index (χ0v) is 12.5. The van der Waals surface area contributed by atoms with Gasteiger partial charge in [0, 0.05) is 29.9 Å². The summed E-state index contributed by atoms with van der Waals surface area (Å²) in [6, 6.07) is 10.6. The summed E-state index contributed by atoms with van der Waals surface area (Å²) in [4.78, 5) is 7.08. The molecule has 106 valence electrons. The van der Waals surface area contributed by atoms with E-state index in [9.17, 15) is 0 Å².